The summed E-state index contributed by atoms with van der Waals surface area (Å²) in [6.45, 7) is 9.75. The molecule has 0 spiro atoms. The average molecular weight is 424 g/mol. The minimum atomic E-state index is -0.0411. The van der Waals surface area contributed by atoms with E-state index in [2.05, 4.69) is 39.5 Å². The van der Waals surface area contributed by atoms with Crippen LogP contribution in [0, 0.1) is 0 Å². The third-order valence-electron chi connectivity index (χ3n) is 5.32. The van der Waals surface area contributed by atoms with Crippen LogP contribution in [0.4, 0.5) is 5.69 Å². The summed E-state index contributed by atoms with van der Waals surface area (Å²) in [5, 5.41) is 6.23. The first kappa shape index (κ1) is 22.5. The highest BCUT2D eigenvalue weighted by molar-refractivity contribution is 5.94. The van der Waals surface area contributed by atoms with Gasteiger partial charge < -0.3 is 25.2 Å². The van der Waals surface area contributed by atoms with Crippen molar-refractivity contribution >= 4 is 17.6 Å². The topological polar surface area (TPSA) is 69.2 Å². The molecule has 1 aliphatic heterocycles. The zero-order valence-electron chi connectivity index (χ0n) is 18.7. The van der Waals surface area contributed by atoms with Crippen molar-refractivity contribution in [1.82, 2.24) is 15.5 Å². The van der Waals surface area contributed by atoms with Gasteiger partial charge in [0.15, 0.2) is 5.96 Å². The Hall–Kier alpha value is -3.22. The summed E-state index contributed by atoms with van der Waals surface area (Å²) in [7, 11) is 1.69. The number of carbonyl (C=O) groups is 1. The van der Waals surface area contributed by atoms with E-state index < -0.39 is 0 Å². The van der Waals surface area contributed by atoms with E-state index in [0.717, 1.165) is 50.0 Å². The van der Waals surface area contributed by atoms with Gasteiger partial charge in [0.2, 0.25) is 0 Å². The minimum absolute atomic E-state index is 0.0411. The third kappa shape index (κ3) is 6.13. The molecule has 166 valence electrons. The summed E-state index contributed by atoms with van der Waals surface area (Å²) in [5.74, 6) is 1.77. The van der Waals surface area contributed by atoms with Gasteiger partial charge in [-0.2, -0.15) is 0 Å². The Kier molecular flexibility index (Phi) is 8.15. The van der Waals surface area contributed by atoms with Crippen LogP contribution >= 0.6 is 0 Å². The number of carbonyl (C=O) groups excluding carboxylic acids is 1. The predicted octanol–water partition coefficient (Wildman–Crippen LogP) is 2.73. The number of guanidine groups is 1. The van der Waals surface area contributed by atoms with Crippen molar-refractivity contribution in [1.29, 1.82) is 0 Å². The van der Waals surface area contributed by atoms with Gasteiger partial charge in [-0.15, -0.1) is 0 Å². The van der Waals surface area contributed by atoms with E-state index in [9.17, 15) is 4.79 Å². The number of nitrogens with one attached hydrogen (secondary N) is 2. The summed E-state index contributed by atoms with van der Waals surface area (Å²) in [6, 6.07) is 15.9. The van der Waals surface area contributed by atoms with Crippen molar-refractivity contribution in [3.8, 4) is 5.75 Å². The number of aliphatic imine (C=N–C) groups is 1. The van der Waals surface area contributed by atoms with Crippen LogP contribution in [0.15, 0.2) is 53.5 Å². The van der Waals surface area contributed by atoms with Gasteiger partial charge in [0.05, 0.1) is 13.7 Å². The van der Waals surface area contributed by atoms with Crippen LogP contribution in [0.1, 0.15) is 29.8 Å². The van der Waals surface area contributed by atoms with Crippen LogP contribution in [0.3, 0.4) is 0 Å². The lowest BCUT2D eigenvalue weighted by Gasteiger charge is -2.37. The minimum Gasteiger partial charge on any atom is -0.497 e. The molecule has 3 rings (SSSR count). The quantitative estimate of drug-likeness (QED) is 0.529. The van der Waals surface area contributed by atoms with Crippen LogP contribution in [-0.4, -0.2) is 63.1 Å². The van der Waals surface area contributed by atoms with E-state index in [-0.39, 0.29) is 5.91 Å². The number of anilines is 1. The SMILES string of the molecule is CCNC(=O)c1ccc(CN=C(NCC)N2CCN(c3ccc(OC)cc3)CC2)cc1. The van der Waals surface area contributed by atoms with Gasteiger partial charge in [0, 0.05) is 50.5 Å². The predicted molar refractivity (Wildman–Crippen MR) is 126 cm³/mol. The molecule has 1 saturated heterocycles. The average Bonchev–Trinajstić information content (AvgIpc) is 2.82. The first-order valence-electron chi connectivity index (χ1n) is 10.9. The monoisotopic (exact) mass is 423 g/mol. The maximum atomic E-state index is 11.9. The van der Waals surface area contributed by atoms with Crippen LogP contribution in [-0.2, 0) is 6.54 Å². The van der Waals surface area contributed by atoms with E-state index in [4.69, 9.17) is 9.73 Å². The molecule has 1 fully saturated rings. The summed E-state index contributed by atoms with van der Waals surface area (Å²) in [4.78, 5) is 21.4. The highest BCUT2D eigenvalue weighted by Crippen LogP contribution is 2.20. The van der Waals surface area contributed by atoms with Crippen molar-refractivity contribution in [3.05, 3.63) is 59.7 Å². The Morgan fingerprint density at radius 1 is 0.935 bits per heavy atom. The second-order valence-corrected chi connectivity index (χ2v) is 7.40. The van der Waals surface area contributed by atoms with Crippen molar-refractivity contribution in [3.63, 3.8) is 0 Å². The normalized spacial score (nSPS) is 14.4. The summed E-state index contributed by atoms with van der Waals surface area (Å²) < 4.78 is 5.25. The number of methoxy groups -OCH3 is 1. The highest BCUT2D eigenvalue weighted by atomic mass is 16.5. The number of rotatable bonds is 7. The largest absolute Gasteiger partial charge is 0.497 e. The van der Waals surface area contributed by atoms with Gasteiger partial charge in [0.25, 0.3) is 5.91 Å². The van der Waals surface area contributed by atoms with Crippen LogP contribution in [0.25, 0.3) is 0 Å². The smallest absolute Gasteiger partial charge is 0.251 e. The van der Waals surface area contributed by atoms with E-state index in [1.807, 2.05) is 43.3 Å². The lowest BCUT2D eigenvalue weighted by Crippen LogP contribution is -2.52. The Balaban J connectivity index is 1.58. The zero-order chi connectivity index (χ0) is 22.1. The number of piperazine rings is 1. The molecule has 31 heavy (non-hydrogen) atoms. The number of nitrogens with zero attached hydrogens (tertiary/aromatic N) is 3. The standard InChI is InChI=1S/C24H33N5O2/c1-4-25-23(30)20-8-6-19(7-9-20)18-27-24(26-5-2)29-16-14-28(15-17-29)21-10-12-22(31-3)13-11-21/h6-13H,4-5,14-18H2,1-3H3,(H,25,30)(H,26,27). The third-order valence-corrected chi connectivity index (χ3v) is 5.32. The number of ether oxygens (including phenoxy) is 1. The van der Waals surface area contributed by atoms with Crippen molar-refractivity contribution in [2.24, 2.45) is 4.99 Å². The molecule has 1 amide bonds. The van der Waals surface area contributed by atoms with Crippen molar-refractivity contribution < 1.29 is 9.53 Å². The van der Waals surface area contributed by atoms with Crippen LogP contribution in [0.5, 0.6) is 5.75 Å². The van der Waals surface area contributed by atoms with Gasteiger partial charge in [0.1, 0.15) is 5.75 Å². The molecule has 0 radical (unpaired) electrons. The Morgan fingerprint density at radius 3 is 2.16 bits per heavy atom. The van der Waals surface area contributed by atoms with Gasteiger partial charge in [-0.1, -0.05) is 12.1 Å². The maximum absolute atomic E-state index is 11.9. The number of hydrogen-bond acceptors (Lipinski definition) is 4. The Labute approximate surface area is 185 Å². The highest BCUT2D eigenvalue weighted by Gasteiger charge is 2.20. The molecule has 0 atom stereocenters. The lowest BCUT2D eigenvalue weighted by atomic mass is 10.1. The molecular weight excluding hydrogens is 390 g/mol. The number of amides is 1. The first-order valence-corrected chi connectivity index (χ1v) is 10.9. The van der Waals surface area contributed by atoms with E-state index in [1.54, 1.807) is 7.11 Å². The first-order chi connectivity index (χ1) is 15.1. The summed E-state index contributed by atoms with van der Waals surface area (Å²) in [6.07, 6.45) is 0. The molecule has 2 aromatic carbocycles. The molecule has 0 unspecified atom stereocenters. The molecular formula is C24H33N5O2. The Morgan fingerprint density at radius 2 is 1.58 bits per heavy atom. The number of hydrogen-bond donors (Lipinski definition) is 2. The molecule has 0 saturated carbocycles. The van der Waals surface area contributed by atoms with Gasteiger partial charge in [-0.05, 0) is 55.8 Å². The molecule has 1 aliphatic rings. The maximum Gasteiger partial charge on any atom is 0.251 e. The second-order valence-electron chi connectivity index (χ2n) is 7.40. The van der Waals surface area contributed by atoms with Gasteiger partial charge in [-0.25, -0.2) is 4.99 Å². The Bertz CT molecular complexity index is 857. The van der Waals surface area contributed by atoms with Crippen LogP contribution < -0.4 is 20.3 Å². The fourth-order valence-electron chi connectivity index (χ4n) is 3.59. The molecule has 7 nitrogen and oxygen atoms in total. The zero-order valence-corrected chi connectivity index (χ0v) is 18.7. The molecule has 1 heterocycles. The van der Waals surface area contributed by atoms with E-state index in [0.29, 0.717) is 18.7 Å². The van der Waals surface area contributed by atoms with Crippen LogP contribution in [0.2, 0.25) is 0 Å². The second kappa shape index (κ2) is 11.2. The fraction of sp³-hybridized carbons (Fsp3) is 0.417. The van der Waals surface area contributed by atoms with E-state index >= 15 is 0 Å². The van der Waals surface area contributed by atoms with Gasteiger partial charge >= 0.3 is 0 Å². The fourth-order valence-corrected chi connectivity index (χ4v) is 3.59. The summed E-state index contributed by atoms with van der Waals surface area (Å²) >= 11 is 0. The molecule has 0 bridgehead atoms. The molecule has 2 aromatic rings. The molecule has 2 N–H and O–H groups in total. The molecule has 0 aromatic heterocycles. The summed E-state index contributed by atoms with van der Waals surface area (Å²) in [5.41, 5.74) is 2.98. The molecule has 7 heteroatoms. The van der Waals surface area contributed by atoms with Gasteiger partial charge in [-0.3, -0.25) is 4.79 Å². The van der Waals surface area contributed by atoms with Crippen molar-refractivity contribution in [2.45, 2.75) is 20.4 Å². The lowest BCUT2D eigenvalue weighted by molar-refractivity contribution is 0.0956. The molecule has 0 aliphatic carbocycles. The van der Waals surface area contributed by atoms with E-state index in [1.165, 1.54) is 5.69 Å². The number of benzene rings is 2. The van der Waals surface area contributed by atoms with Crippen molar-refractivity contribution in [2.75, 3.05) is 51.3 Å².